The smallest absolute Gasteiger partial charge is 0.330 e. The Kier molecular flexibility index (Phi) is 2.26. The van der Waals surface area contributed by atoms with Crippen LogP contribution < -0.4 is 0 Å². The van der Waals surface area contributed by atoms with Crippen LogP contribution in [-0.2, 0) is 14.3 Å². The number of epoxide rings is 1. The molecule has 0 saturated carbocycles. The van der Waals surface area contributed by atoms with Gasteiger partial charge >= 0.3 is 5.97 Å². The Morgan fingerprint density at radius 2 is 2.00 bits per heavy atom. The van der Waals surface area contributed by atoms with E-state index in [9.17, 15) is 4.79 Å². The number of rotatable bonds is 2. The van der Waals surface area contributed by atoms with Crippen molar-refractivity contribution in [2.75, 3.05) is 0 Å². The van der Waals surface area contributed by atoms with E-state index in [1.807, 2.05) is 36.4 Å². The summed E-state index contributed by atoms with van der Waals surface area (Å²) in [6, 6.07) is 10.0. The SMILES string of the molecule is O=C1C=CC[C@H]([C@H]2O[C@H]2c2ccccc2)O1. The van der Waals surface area contributed by atoms with Crippen LogP contribution in [0.1, 0.15) is 18.1 Å². The summed E-state index contributed by atoms with van der Waals surface area (Å²) < 4.78 is 10.8. The first-order chi connectivity index (χ1) is 7.84. The summed E-state index contributed by atoms with van der Waals surface area (Å²) in [6.07, 6.45) is 4.06. The number of ether oxygens (including phenoxy) is 2. The van der Waals surface area contributed by atoms with E-state index in [4.69, 9.17) is 9.47 Å². The molecule has 1 aromatic carbocycles. The fourth-order valence-corrected chi connectivity index (χ4v) is 2.05. The summed E-state index contributed by atoms with van der Waals surface area (Å²) in [5.74, 6) is -0.265. The second kappa shape index (κ2) is 3.76. The van der Waals surface area contributed by atoms with Crippen LogP contribution in [0.25, 0.3) is 0 Å². The Hall–Kier alpha value is -1.61. The molecule has 3 rings (SSSR count). The summed E-state index contributed by atoms with van der Waals surface area (Å²) in [5.41, 5.74) is 1.15. The fraction of sp³-hybridized carbons (Fsp3) is 0.308. The average Bonchev–Trinajstić information content (AvgIpc) is 3.10. The Morgan fingerprint density at radius 1 is 1.19 bits per heavy atom. The van der Waals surface area contributed by atoms with Gasteiger partial charge in [0.15, 0.2) is 0 Å². The molecule has 16 heavy (non-hydrogen) atoms. The first-order valence-electron chi connectivity index (χ1n) is 5.42. The van der Waals surface area contributed by atoms with Crippen LogP contribution in [0.15, 0.2) is 42.5 Å². The Morgan fingerprint density at radius 3 is 2.75 bits per heavy atom. The van der Waals surface area contributed by atoms with Crippen LogP contribution in [-0.4, -0.2) is 18.2 Å². The van der Waals surface area contributed by atoms with Crippen molar-refractivity contribution in [3.63, 3.8) is 0 Å². The first kappa shape index (κ1) is 9.60. The van der Waals surface area contributed by atoms with Gasteiger partial charge in [-0.3, -0.25) is 0 Å². The lowest BCUT2D eigenvalue weighted by molar-refractivity contribution is -0.145. The zero-order valence-electron chi connectivity index (χ0n) is 8.71. The standard InChI is InChI=1S/C13H12O3/c14-11-8-4-7-10(15-11)13-12(16-13)9-5-2-1-3-6-9/h1-6,8,10,12-13H,7H2/t10-,12+,13-/m1/s1. The topological polar surface area (TPSA) is 38.8 Å². The number of benzene rings is 1. The highest BCUT2D eigenvalue weighted by Crippen LogP contribution is 2.43. The highest BCUT2D eigenvalue weighted by molar-refractivity contribution is 5.82. The molecule has 82 valence electrons. The minimum absolute atomic E-state index is 0.0244. The highest BCUT2D eigenvalue weighted by atomic mass is 16.6. The predicted molar refractivity (Wildman–Crippen MR) is 57.7 cm³/mol. The Bertz CT molecular complexity index is 424. The van der Waals surface area contributed by atoms with E-state index in [0.717, 1.165) is 12.0 Å². The lowest BCUT2D eigenvalue weighted by Gasteiger charge is -2.16. The third-order valence-corrected chi connectivity index (χ3v) is 2.91. The number of hydrogen-bond acceptors (Lipinski definition) is 3. The van der Waals surface area contributed by atoms with Crippen molar-refractivity contribution in [1.29, 1.82) is 0 Å². The quantitative estimate of drug-likeness (QED) is 0.560. The monoisotopic (exact) mass is 216 g/mol. The van der Waals surface area contributed by atoms with Gasteiger partial charge in [0.05, 0.1) is 0 Å². The van der Waals surface area contributed by atoms with Crippen molar-refractivity contribution in [2.45, 2.75) is 24.7 Å². The number of esters is 1. The normalized spacial score (nSPS) is 32.2. The number of cyclic esters (lactones) is 1. The van der Waals surface area contributed by atoms with Crippen molar-refractivity contribution >= 4 is 5.97 Å². The van der Waals surface area contributed by atoms with Gasteiger partial charge in [-0.15, -0.1) is 0 Å². The molecule has 0 aliphatic carbocycles. The zero-order chi connectivity index (χ0) is 11.0. The molecule has 0 amide bonds. The molecule has 2 heterocycles. The lowest BCUT2D eigenvalue weighted by atomic mass is 10.0. The summed E-state index contributed by atoms with van der Waals surface area (Å²) in [6.45, 7) is 0. The highest BCUT2D eigenvalue weighted by Gasteiger charge is 2.47. The molecule has 1 saturated heterocycles. The average molecular weight is 216 g/mol. The van der Waals surface area contributed by atoms with Crippen molar-refractivity contribution in [3.05, 3.63) is 48.0 Å². The van der Waals surface area contributed by atoms with Gasteiger partial charge in [-0.2, -0.15) is 0 Å². The second-order valence-corrected chi connectivity index (χ2v) is 4.05. The van der Waals surface area contributed by atoms with Gasteiger partial charge in [0.2, 0.25) is 0 Å². The molecule has 3 heteroatoms. The summed E-state index contributed by atoms with van der Waals surface area (Å²) >= 11 is 0. The fourth-order valence-electron chi connectivity index (χ4n) is 2.05. The summed E-state index contributed by atoms with van der Waals surface area (Å²) in [7, 11) is 0. The van der Waals surface area contributed by atoms with Gasteiger partial charge in [-0.05, 0) is 5.56 Å². The maximum atomic E-state index is 11.1. The Balaban J connectivity index is 1.68. The summed E-state index contributed by atoms with van der Waals surface area (Å²) in [5, 5.41) is 0. The molecule has 0 spiro atoms. The summed E-state index contributed by atoms with van der Waals surface area (Å²) in [4.78, 5) is 11.1. The van der Waals surface area contributed by atoms with Crippen molar-refractivity contribution in [3.8, 4) is 0 Å². The number of hydrogen-bond donors (Lipinski definition) is 0. The molecule has 2 aliphatic heterocycles. The number of carbonyl (C=O) groups is 1. The predicted octanol–water partition coefficient (Wildman–Crippen LogP) is 2.00. The largest absolute Gasteiger partial charge is 0.456 e. The molecule has 1 aromatic rings. The maximum Gasteiger partial charge on any atom is 0.330 e. The minimum atomic E-state index is -0.265. The van der Waals surface area contributed by atoms with Crippen LogP contribution in [0.4, 0.5) is 0 Å². The van der Waals surface area contributed by atoms with Crippen molar-refractivity contribution < 1.29 is 14.3 Å². The molecule has 1 fully saturated rings. The molecule has 0 radical (unpaired) electrons. The van der Waals surface area contributed by atoms with Gasteiger partial charge < -0.3 is 9.47 Å². The lowest BCUT2D eigenvalue weighted by Crippen LogP contribution is -2.25. The van der Waals surface area contributed by atoms with Crippen molar-refractivity contribution in [1.82, 2.24) is 0 Å². The molecule has 3 atom stereocenters. The molecular formula is C13H12O3. The zero-order valence-corrected chi connectivity index (χ0v) is 8.71. The molecular weight excluding hydrogens is 204 g/mol. The minimum Gasteiger partial charge on any atom is -0.456 e. The van der Waals surface area contributed by atoms with E-state index in [-0.39, 0.29) is 24.3 Å². The van der Waals surface area contributed by atoms with Gasteiger partial charge in [-0.1, -0.05) is 36.4 Å². The molecule has 0 unspecified atom stereocenters. The van der Waals surface area contributed by atoms with Gasteiger partial charge in [0.25, 0.3) is 0 Å². The number of carbonyl (C=O) groups excluding carboxylic acids is 1. The second-order valence-electron chi connectivity index (χ2n) is 4.05. The van der Waals surface area contributed by atoms with Crippen LogP contribution in [0.5, 0.6) is 0 Å². The van der Waals surface area contributed by atoms with E-state index in [0.29, 0.717) is 0 Å². The third kappa shape index (κ3) is 1.74. The van der Waals surface area contributed by atoms with E-state index in [1.54, 1.807) is 0 Å². The van der Waals surface area contributed by atoms with Crippen LogP contribution in [0.2, 0.25) is 0 Å². The van der Waals surface area contributed by atoms with Gasteiger partial charge in [0.1, 0.15) is 18.3 Å². The maximum absolute atomic E-state index is 11.1. The van der Waals surface area contributed by atoms with Gasteiger partial charge in [-0.25, -0.2) is 4.79 Å². The van der Waals surface area contributed by atoms with Crippen LogP contribution in [0, 0.1) is 0 Å². The van der Waals surface area contributed by atoms with E-state index in [1.165, 1.54) is 6.08 Å². The molecule has 0 bridgehead atoms. The molecule has 0 N–H and O–H groups in total. The third-order valence-electron chi connectivity index (χ3n) is 2.91. The molecule has 2 aliphatic rings. The van der Waals surface area contributed by atoms with Crippen LogP contribution in [0.3, 0.4) is 0 Å². The van der Waals surface area contributed by atoms with Gasteiger partial charge in [0, 0.05) is 12.5 Å². The van der Waals surface area contributed by atoms with E-state index in [2.05, 4.69) is 0 Å². The molecule has 0 aromatic heterocycles. The van der Waals surface area contributed by atoms with Crippen LogP contribution >= 0.6 is 0 Å². The Labute approximate surface area is 93.7 Å². The van der Waals surface area contributed by atoms with E-state index < -0.39 is 0 Å². The van der Waals surface area contributed by atoms with E-state index >= 15 is 0 Å². The molecule has 3 nitrogen and oxygen atoms in total. The van der Waals surface area contributed by atoms with Crippen molar-refractivity contribution in [2.24, 2.45) is 0 Å². The first-order valence-corrected chi connectivity index (χ1v) is 5.42.